The predicted molar refractivity (Wildman–Crippen MR) is 83.7 cm³/mol. The van der Waals surface area contributed by atoms with Crippen molar-refractivity contribution in [2.75, 3.05) is 18.6 Å². The van der Waals surface area contributed by atoms with Crippen molar-refractivity contribution in [1.82, 2.24) is 10.2 Å². The highest BCUT2D eigenvalue weighted by Crippen LogP contribution is 2.30. The van der Waals surface area contributed by atoms with Crippen molar-refractivity contribution in [3.63, 3.8) is 0 Å². The topological polar surface area (TPSA) is 92.6 Å². The molecular formula is C14H17N3O4S. The van der Waals surface area contributed by atoms with Crippen LogP contribution in [0.1, 0.15) is 18.9 Å². The average molecular weight is 323 g/mol. The first-order valence-electron chi connectivity index (χ1n) is 6.78. The number of nitro groups is 1. The van der Waals surface area contributed by atoms with Gasteiger partial charge in [0, 0.05) is 18.7 Å². The zero-order chi connectivity index (χ0) is 16.3. The number of carbonyl (C=O) groups is 2. The van der Waals surface area contributed by atoms with Crippen molar-refractivity contribution in [2.24, 2.45) is 0 Å². The first kappa shape index (κ1) is 16.3. The van der Waals surface area contributed by atoms with Gasteiger partial charge < -0.3 is 5.32 Å². The third-order valence-electron chi connectivity index (χ3n) is 3.66. The van der Waals surface area contributed by atoms with E-state index in [0.717, 1.165) is 12.2 Å². The van der Waals surface area contributed by atoms with E-state index in [1.165, 1.54) is 29.2 Å². The van der Waals surface area contributed by atoms with Crippen LogP contribution in [0.15, 0.2) is 24.3 Å². The summed E-state index contributed by atoms with van der Waals surface area (Å²) in [6.45, 7) is 1.98. The maximum absolute atomic E-state index is 12.6. The number of hydrogen-bond acceptors (Lipinski definition) is 5. The van der Waals surface area contributed by atoms with Gasteiger partial charge in [-0.15, -0.1) is 0 Å². The summed E-state index contributed by atoms with van der Waals surface area (Å²) in [6.07, 6.45) is 2.70. The molecule has 1 aliphatic heterocycles. The number of nitro benzene ring substituents is 1. The lowest BCUT2D eigenvalue weighted by Gasteiger charge is -2.22. The molecule has 1 aromatic rings. The Hall–Kier alpha value is -2.09. The van der Waals surface area contributed by atoms with Gasteiger partial charge in [0.1, 0.15) is 5.54 Å². The van der Waals surface area contributed by atoms with Gasteiger partial charge in [-0.25, -0.2) is 4.79 Å². The van der Waals surface area contributed by atoms with Crippen LogP contribution < -0.4 is 5.32 Å². The number of rotatable bonds is 6. The second kappa shape index (κ2) is 6.35. The SMILES string of the molecule is CSCCCN1C(=O)NC(C)(c2ccc([N+](=O)[O-])cc2)C1=O. The minimum absolute atomic E-state index is 0.0547. The highest BCUT2D eigenvalue weighted by atomic mass is 32.2. The van der Waals surface area contributed by atoms with Gasteiger partial charge in [-0.3, -0.25) is 19.8 Å². The molecule has 0 aliphatic carbocycles. The Bertz CT molecular complexity index is 605. The molecule has 8 heteroatoms. The molecule has 3 amide bonds. The fraction of sp³-hybridized carbons (Fsp3) is 0.429. The predicted octanol–water partition coefficient (Wildman–Crippen LogP) is 2.11. The van der Waals surface area contributed by atoms with E-state index < -0.39 is 16.5 Å². The summed E-state index contributed by atoms with van der Waals surface area (Å²) in [5, 5.41) is 13.4. The number of non-ortho nitro benzene ring substituents is 1. The standard InChI is InChI=1S/C14H17N3O4S/c1-14(10-4-6-11(7-5-10)17(20)21)12(18)16(13(19)15-14)8-3-9-22-2/h4-7H,3,8-9H2,1-2H3,(H,15,19). The lowest BCUT2D eigenvalue weighted by molar-refractivity contribution is -0.384. The van der Waals surface area contributed by atoms with Crippen LogP contribution in [0.2, 0.25) is 0 Å². The summed E-state index contributed by atoms with van der Waals surface area (Å²) in [6, 6.07) is 5.24. The zero-order valence-corrected chi connectivity index (χ0v) is 13.2. The van der Waals surface area contributed by atoms with Crippen molar-refractivity contribution in [3.05, 3.63) is 39.9 Å². The number of imide groups is 1. The maximum atomic E-state index is 12.6. The fourth-order valence-corrected chi connectivity index (χ4v) is 2.80. The van der Waals surface area contributed by atoms with Crippen LogP contribution in [0.5, 0.6) is 0 Å². The van der Waals surface area contributed by atoms with Crippen molar-refractivity contribution in [1.29, 1.82) is 0 Å². The van der Waals surface area contributed by atoms with Gasteiger partial charge in [0.05, 0.1) is 4.92 Å². The highest BCUT2D eigenvalue weighted by molar-refractivity contribution is 7.98. The summed E-state index contributed by atoms with van der Waals surface area (Å²) in [7, 11) is 0. The first-order chi connectivity index (χ1) is 10.4. The lowest BCUT2D eigenvalue weighted by Crippen LogP contribution is -2.41. The Morgan fingerprint density at radius 2 is 1.95 bits per heavy atom. The summed E-state index contributed by atoms with van der Waals surface area (Å²) in [5.74, 6) is 0.540. The fourth-order valence-electron chi connectivity index (χ4n) is 2.38. The molecule has 0 spiro atoms. The molecule has 0 saturated carbocycles. The molecule has 22 heavy (non-hydrogen) atoms. The normalized spacial score (nSPS) is 21.1. The van der Waals surface area contributed by atoms with E-state index in [-0.39, 0.29) is 11.6 Å². The van der Waals surface area contributed by atoms with E-state index in [1.54, 1.807) is 18.7 Å². The van der Waals surface area contributed by atoms with Crippen LogP contribution in [0.4, 0.5) is 10.5 Å². The van der Waals surface area contributed by atoms with E-state index in [2.05, 4.69) is 5.32 Å². The minimum atomic E-state index is -1.18. The lowest BCUT2D eigenvalue weighted by atomic mass is 9.92. The van der Waals surface area contributed by atoms with Crippen LogP contribution in [-0.4, -0.2) is 40.3 Å². The van der Waals surface area contributed by atoms with Crippen molar-refractivity contribution >= 4 is 29.4 Å². The van der Waals surface area contributed by atoms with E-state index in [4.69, 9.17) is 0 Å². The number of hydrogen-bond donors (Lipinski definition) is 1. The number of amides is 3. The number of urea groups is 1. The molecule has 0 aromatic heterocycles. The second-order valence-electron chi connectivity index (χ2n) is 5.16. The van der Waals surface area contributed by atoms with Crippen molar-refractivity contribution in [2.45, 2.75) is 18.9 Å². The maximum Gasteiger partial charge on any atom is 0.325 e. The van der Waals surface area contributed by atoms with Crippen LogP contribution in [-0.2, 0) is 10.3 Å². The Labute approximate surface area is 132 Å². The molecule has 1 atom stereocenters. The van der Waals surface area contributed by atoms with Gasteiger partial charge in [0.2, 0.25) is 0 Å². The summed E-state index contributed by atoms with van der Waals surface area (Å²) in [5.41, 5.74) is -0.698. The molecule has 1 unspecified atom stereocenters. The quantitative estimate of drug-likeness (QED) is 0.374. The number of thioether (sulfide) groups is 1. The molecule has 1 aliphatic rings. The third-order valence-corrected chi connectivity index (χ3v) is 4.36. The van der Waals surface area contributed by atoms with E-state index in [1.807, 2.05) is 6.26 Å². The molecule has 0 radical (unpaired) electrons. The summed E-state index contributed by atoms with van der Waals surface area (Å²) < 4.78 is 0. The van der Waals surface area contributed by atoms with Gasteiger partial charge in [-0.2, -0.15) is 11.8 Å². The third kappa shape index (κ3) is 2.92. The smallest absolute Gasteiger partial charge is 0.319 e. The molecule has 1 fully saturated rings. The Morgan fingerprint density at radius 1 is 1.32 bits per heavy atom. The molecule has 1 saturated heterocycles. The molecule has 118 valence electrons. The van der Waals surface area contributed by atoms with Crippen LogP contribution in [0, 0.1) is 10.1 Å². The highest BCUT2D eigenvalue weighted by Gasteiger charge is 2.48. The summed E-state index contributed by atoms with van der Waals surface area (Å²) in [4.78, 5) is 36.0. The number of nitrogens with one attached hydrogen (secondary N) is 1. The molecule has 7 nitrogen and oxygen atoms in total. The van der Waals surface area contributed by atoms with Gasteiger partial charge in [-0.1, -0.05) is 0 Å². The summed E-state index contributed by atoms with van der Waals surface area (Å²) >= 11 is 1.65. The van der Waals surface area contributed by atoms with E-state index in [0.29, 0.717) is 12.1 Å². The Kier molecular flexibility index (Phi) is 4.70. The zero-order valence-electron chi connectivity index (χ0n) is 12.4. The van der Waals surface area contributed by atoms with Crippen LogP contribution in [0.3, 0.4) is 0 Å². The molecule has 1 aromatic carbocycles. The molecule has 1 N–H and O–H groups in total. The molecule has 2 rings (SSSR count). The van der Waals surface area contributed by atoms with Crippen molar-refractivity contribution < 1.29 is 14.5 Å². The Morgan fingerprint density at radius 3 is 2.50 bits per heavy atom. The van der Waals surface area contributed by atoms with Gasteiger partial charge >= 0.3 is 6.03 Å². The van der Waals surface area contributed by atoms with Crippen molar-refractivity contribution in [3.8, 4) is 0 Å². The second-order valence-corrected chi connectivity index (χ2v) is 6.15. The molecular weight excluding hydrogens is 306 g/mol. The first-order valence-corrected chi connectivity index (χ1v) is 8.17. The molecule has 1 heterocycles. The number of nitrogens with zero attached hydrogens (tertiary/aromatic N) is 2. The van der Waals surface area contributed by atoms with Gasteiger partial charge in [-0.05, 0) is 43.0 Å². The largest absolute Gasteiger partial charge is 0.325 e. The van der Waals surface area contributed by atoms with E-state index >= 15 is 0 Å². The van der Waals surface area contributed by atoms with E-state index in [9.17, 15) is 19.7 Å². The van der Waals surface area contributed by atoms with Crippen LogP contribution >= 0.6 is 11.8 Å². The Balaban J connectivity index is 2.21. The monoisotopic (exact) mass is 323 g/mol. The number of benzene rings is 1. The number of carbonyl (C=O) groups excluding carboxylic acids is 2. The minimum Gasteiger partial charge on any atom is -0.319 e. The average Bonchev–Trinajstić information content (AvgIpc) is 2.71. The van der Waals surface area contributed by atoms with Gasteiger partial charge in [0.15, 0.2) is 0 Å². The van der Waals surface area contributed by atoms with Gasteiger partial charge in [0.25, 0.3) is 11.6 Å². The molecule has 0 bridgehead atoms. The van der Waals surface area contributed by atoms with Crippen LogP contribution in [0.25, 0.3) is 0 Å².